The number of hydrogen-bond donors (Lipinski definition) is 1. The van der Waals surface area contributed by atoms with Gasteiger partial charge in [-0.2, -0.15) is 5.01 Å². The number of carbonyl (C=O) groups is 4. The molecule has 0 atom stereocenters. The molecular formula is C23H19Cl2N5O4. The molecule has 4 heterocycles. The first kappa shape index (κ1) is 22.5. The van der Waals surface area contributed by atoms with Gasteiger partial charge in [-0.15, -0.1) is 0 Å². The lowest BCUT2D eigenvalue weighted by molar-refractivity contribution is -0.122. The second-order valence-corrected chi connectivity index (χ2v) is 8.94. The van der Waals surface area contributed by atoms with E-state index in [9.17, 15) is 19.2 Å². The molecule has 0 radical (unpaired) electrons. The fourth-order valence-electron chi connectivity index (χ4n) is 4.36. The fraction of sp³-hybridized carbons (Fsp3) is 0.261. The van der Waals surface area contributed by atoms with E-state index in [-0.39, 0.29) is 29.2 Å². The van der Waals surface area contributed by atoms with Crippen molar-refractivity contribution in [2.24, 2.45) is 0 Å². The highest BCUT2D eigenvalue weighted by Gasteiger charge is 2.43. The molecule has 3 aliphatic heterocycles. The van der Waals surface area contributed by atoms with E-state index in [4.69, 9.17) is 23.2 Å². The summed E-state index contributed by atoms with van der Waals surface area (Å²) in [7, 11) is 0. The molecule has 5 amide bonds. The van der Waals surface area contributed by atoms with Crippen molar-refractivity contribution in [1.29, 1.82) is 0 Å². The van der Waals surface area contributed by atoms with Crippen LogP contribution in [-0.2, 0) is 11.3 Å². The Bertz CT molecular complexity index is 1280. The van der Waals surface area contributed by atoms with E-state index >= 15 is 0 Å². The largest absolute Gasteiger partial charge is 0.343 e. The summed E-state index contributed by atoms with van der Waals surface area (Å²) in [5, 5.41) is 4.66. The Morgan fingerprint density at radius 1 is 0.941 bits per heavy atom. The van der Waals surface area contributed by atoms with Crippen LogP contribution >= 0.6 is 23.2 Å². The first-order valence-corrected chi connectivity index (χ1v) is 11.4. The average Bonchev–Trinajstić information content (AvgIpc) is 3.06. The fourth-order valence-corrected chi connectivity index (χ4v) is 4.75. The summed E-state index contributed by atoms with van der Waals surface area (Å²) < 4.78 is 0. The minimum Gasteiger partial charge on any atom is -0.295 e. The third kappa shape index (κ3) is 3.96. The number of nitrogens with zero attached hydrogens (tertiary/aromatic N) is 4. The standard InChI is InChI=1S/C23H19Cl2N5O4/c24-19-15(3-7-26-20(19)25)14-4-8-28(9-5-14)12-13-1-2-16-17(11-13)22(33)30(21(16)32)29-10-6-18(31)27-23(29)34/h1-4,7,11H,5-6,8-10,12H2,(H,27,31,34). The van der Waals surface area contributed by atoms with Gasteiger partial charge >= 0.3 is 6.03 Å². The van der Waals surface area contributed by atoms with Crippen LogP contribution in [0.15, 0.2) is 36.5 Å². The van der Waals surface area contributed by atoms with Crippen molar-refractivity contribution in [2.75, 3.05) is 19.6 Å². The normalized spacial score (nSPS) is 18.8. The number of amides is 5. The highest BCUT2D eigenvalue weighted by molar-refractivity contribution is 6.42. The molecule has 5 rings (SSSR count). The van der Waals surface area contributed by atoms with Gasteiger partial charge in [0.15, 0.2) is 0 Å². The molecule has 1 saturated heterocycles. The Balaban J connectivity index is 1.30. The minimum absolute atomic E-state index is 0.0196. The predicted molar refractivity (Wildman–Crippen MR) is 124 cm³/mol. The van der Waals surface area contributed by atoms with Crippen molar-refractivity contribution in [3.63, 3.8) is 0 Å². The number of pyridine rings is 1. The third-order valence-corrected chi connectivity index (χ3v) is 6.86. The number of urea groups is 1. The van der Waals surface area contributed by atoms with Gasteiger partial charge in [-0.1, -0.05) is 35.3 Å². The van der Waals surface area contributed by atoms with Crippen molar-refractivity contribution >= 4 is 52.5 Å². The third-order valence-electron chi connectivity index (χ3n) is 6.09. The first-order valence-electron chi connectivity index (χ1n) is 10.7. The minimum atomic E-state index is -0.780. The number of carbonyl (C=O) groups excluding carboxylic acids is 4. The Labute approximate surface area is 204 Å². The number of rotatable bonds is 4. The van der Waals surface area contributed by atoms with Gasteiger partial charge in [-0.25, -0.2) is 14.8 Å². The lowest BCUT2D eigenvalue weighted by Gasteiger charge is -2.32. The van der Waals surface area contributed by atoms with Crippen LogP contribution in [0.1, 0.15) is 44.7 Å². The highest BCUT2D eigenvalue weighted by Crippen LogP contribution is 2.33. The molecule has 2 aromatic rings. The molecule has 9 nitrogen and oxygen atoms in total. The molecule has 0 unspecified atom stereocenters. The molecule has 1 N–H and O–H groups in total. The van der Waals surface area contributed by atoms with Crippen molar-refractivity contribution in [3.8, 4) is 0 Å². The summed E-state index contributed by atoms with van der Waals surface area (Å²) in [5.41, 5.74) is 3.35. The monoisotopic (exact) mass is 499 g/mol. The molecule has 34 heavy (non-hydrogen) atoms. The molecule has 11 heteroatoms. The maximum Gasteiger partial charge on any atom is 0.343 e. The zero-order valence-electron chi connectivity index (χ0n) is 17.9. The Morgan fingerprint density at radius 3 is 2.47 bits per heavy atom. The van der Waals surface area contributed by atoms with Gasteiger partial charge in [-0.05, 0) is 35.8 Å². The van der Waals surface area contributed by atoms with Gasteiger partial charge in [0.1, 0.15) is 5.15 Å². The van der Waals surface area contributed by atoms with Crippen molar-refractivity contribution < 1.29 is 19.2 Å². The molecule has 174 valence electrons. The van der Waals surface area contributed by atoms with Gasteiger partial charge in [0.25, 0.3) is 11.8 Å². The summed E-state index contributed by atoms with van der Waals surface area (Å²) in [4.78, 5) is 55.6. The van der Waals surface area contributed by atoms with Crippen LogP contribution in [0.3, 0.4) is 0 Å². The maximum absolute atomic E-state index is 13.0. The van der Waals surface area contributed by atoms with Crippen LogP contribution in [0.4, 0.5) is 4.79 Å². The van der Waals surface area contributed by atoms with Gasteiger partial charge in [0, 0.05) is 37.8 Å². The molecular weight excluding hydrogens is 481 g/mol. The molecule has 0 spiro atoms. The number of halogens is 2. The summed E-state index contributed by atoms with van der Waals surface area (Å²) in [5.74, 6) is -1.58. The number of aromatic nitrogens is 1. The number of fused-ring (bicyclic) bond motifs is 1. The zero-order chi connectivity index (χ0) is 24.0. The predicted octanol–water partition coefficient (Wildman–Crippen LogP) is 3.13. The van der Waals surface area contributed by atoms with Crippen LogP contribution in [0.5, 0.6) is 0 Å². The van der Waals surface area contributed by atoms with Gasteiger partial charge in [0.05, 0.1) is 22.7 Å². The van der Waals surface area contributed by atoms with Crippen molar-refractivity contribution in [1.82, 2.24) is 25.2 Å². The van der Waals surface area contributed by atoms with Crippen LogP contribution in [0, 0.1) is 0 Å². The molecule has 1 aromatic carbocycles. The SMILES string of the molecule is O=C1CCN(N2C(=O)c3ccc(CN4CC=C(c5ccnc(Cl)c5Cl)CC4)cc3C2=O)C(=O)N1. The summed E-state index contributed by atoms with van der Waals surface area (Å²) in [6.45, 7) is 2.02. The number of imide groups is 2. The molecule has 1 aromatic heterocycles. The van der Waals surface area contributed by atoms with Crippen LogP contribution in [-0.4, -0.2) is 63.3 Å². The van der Waals surface area contributed by atoms with E-state index in [1.165, 1.54) is 0 Å². The Kier molecular flexibility index (Phi) is 5.85. The Morgan fingerprint density at radius 2 is 1.74 bits per heavy atom. The molecule has 1 fully saturated rings. The molecule has 0 bridgehead atoms. The molecule has 0 aliphatic carbocycles. The second kappa shape index (κ2) is 8.83. The maximum atomic E-state index is 13.0. The average molecular weight is 500 g/mol. The van der Waals surface area contributed by atoms with Gasteiger partial charge in [-0.3, -0.25) is 24.6 Å². The first-order chi connectivity index (χ1) is 16.3. The van der Waals surface area contributed by atoms with E-state index in [1.807, 2.05) is 12.1 Å². The Hall–Kier alpha value is -3.27. The number of hydrazine groups is 1. The zero-order valence-corrected chi connectivity index (χ0v) is 19.4. The topological polar surface area (TPSA) is 103 Å². The number of nitrogens with one attached hydrogen (secondary N) is 1. The number of benzene rings is 1. The van der Waals surface area contributed by atoms with Crippen molar-refractivity contribution in [3.05, 3.63) is 69.0 Å². The van der Waals surface area contributed by atoms with E-state index in [1.54, 1.807) is 18.3 Å². The summed E-state index contributed by atoms with van der Waals surface area (Å²) >= 11 is 12.3. The van der Waals surface area contributed by atoms with E-state index in [0.29, 0.717) is 18.1 Å². The highest BCUT2D eigenvalue weighted by atomic mass is 35.5. The summed E-state index contributed by atoms with van der Waals surface area (Å²) in [6.07, 6.45) is 4.53. The van der Waals surface area contributed by atoms with E-state index in [2.05, 4.69) is 21.3 Å². The van der Waals surface area contributed by atoms with Crippen LogP contribution in [0.25, 0.3) is 5.57 Å². The van der Waals surface area contributed by atoms with Gasteiger partial charge in [0.2, 0.25) is 5.91 Å². The quantitative estimate of drug-likeness (QED) is 0.511. The summed E-state index contributed by atoms with van der Waals surface area (Å²) in [6, 6.07) is 6.19. The lowest BCUT2D eigenvalue weighted by Crippen LogP contribution is -2.58. The van der Waals surface area contributed by atoms with E-state index in [0.717, 1.165) is 39.7 Å². The van der Waals surface area contributed by atoms with Gasteiger partial charge < -0.3 is 0 Å². The molecule has 0 saturated carbocycles. The van der Waals surface area contributed by atoms with E-state index < -0.39 is 23.8 Å². The second-order valence-electron chi connectivity index (χ2n) is 8.21. The smallest absolute Gasteiger partial charge is 0.295 e. The number of hydrogen-bond acceptors (Lipinski definition) is 6. The van der Waals surface area contributed by atoms with Crippen LogP contribution < -0.4 is 5.32 Å². The molecule has 3 aliphatic rings. The lowest BCUT2D eigenvalue weighted by atomic mass is 9.99. The van der Waals surface area contributed by atoms with Crippen molar-refractivity contribution in [2.45, 2.75) is 19.4 Å². The van der Waals surface area contributed by atoms with Crippen LogP contribution in [0.2, 0.25) is 10.2 Å².